The number of thiazole rings is 1. The molecule has 4 aromatic rings. The number of carbonyl (C=O) groups is 2. The van der Waals surface area contributed by atoms with Crippen LogP contribution in [0.2, 0.25) is 5.02 Å². The number of benzene rings is 2. The van der Waals surface area contributed by atoms with Crippen LogP contribution < -0.4 is 15.0 Å². The molecule has 0 spiro atoms. The van der Waals surface area contributed by atoms with Gasteiger partial charge in [-0.2, -0.15) is 23.4 Å². The second-order valence-electron chi connectivity index (χ2n) is 12.3. The number of ether oxygens (including phenoxy) is 2. The van der Waals surface area contributed by atoms with Crippen molar-refractivity contribution in [1.29, 1.82) is 0 Å². The van der Waals surface area contributed by atoms with E-state index >= 15 is 13.2 Å². The maximum Gasteiger partial charge on any atom is 0.422 e. The molecule has 1 fully saturated rings. The third kappa shape index (κ3) is 8.53. The molecule has 1 saturated heterocycles. The number of para-hydroxylation sites is 1. The molecular weight excluding hydrogens is 669 g/mol. The monoisotopic (exact) mass is 702 g/mol. The molecule has 1 aliphatic heterocycles. The fraction of sp³-hybridized carbons (Fsp3) is 0.364. The van der Waals surface area contributed by atoms with E-state index < -0.39 is 35.1 Å². The van der Waals surface area contributed by atoms with E-state index in [1.165, 1.54) is 52.2 Å². The lowest BCUT2D eigenvalue weighted by atomic mass is 9.95. The summed E-state index contributed by atoms with van der Waals surface area (Å²) < 4.78 is 56.6. The quantitative estimate of drug-likeness (QED) is 0.195. The summed E-state index contributed by atoms with van der Waals surface area (Å²) in [6.45, 7) is 5.98. The van der Waals surface area contributed by atoms with E-state index in [4.69, 9.17) is 21.1 Å². The predicted octanol–water partition coefficient (Wildman–Crippen LogP) is 8.40. The summed E-state index contributed by atoms with van der Waals surface area (Å²) in [6.07, 6.45) is -1.21. The Labute approximate surface area is 284 Å². The van der Waals surface area contributed by atoms with Crippen LogP contribution in [0.5, 0.6) is 11.5 Å². The molecule has 10 nitrogen and oxygen atoms in total. The van der Waals surface area contributed by atoms with Gasteiger partial charge in [0.05, 0.1) is 28.8 Å². The molecule has 1 N–H and O–H groups in total. The van der Waals surface area contributed by atoms with Crippen LogP contribution in [-0.4, -0.2) is 64.4 Å². The van der Waals surface area contributed by atoms with E-state index in [2.05, 4.69) is 20.5 Å². The summed E-state index contributed by atoms with van der Waals surface area (Å²) in [6, 6.07) is 10.5. The van der Waals surface area contributed by atoms with Crippen LogP contribution in [0.4, 0.5) is 29.3 Å². The molecule has 254 valence electrons. The smallest absolute Gasteiger partial charge is 0.422 e. The number of nitrogens with zero attached hydrogens (tertiary/aromatic N) is 5. The molecule has 2 aromatic carbocycles. The van der Waals surface area contributed by atoms with E-state index in [0.29, 0.717) is 23.4 Å². The lowest BCUT2D eigenvalue weighted by Crippen LogP contribution is -2.43. The molecule has 3 heterocycles. The molecule has 1 atom stereocenters. The number of alkyl halides is 3. The lowest BCUT2D eigenvalue weighted by molar-refractivity contribution is -0.138. The largest absolute Gasteiger partial charge is 0.455 e. The first-order valence-corrected chi connectivity index (χ1v) is 16.3. The van der Waals surface area contributed by atoms with Crippen molar-refractivity contribution in [3.63, 3.8) is 0 Å². The first-order chi connectivity index (χ1) is 22.7. The Morgan fingerprint density at radius 3 is 2.56 bits per heavy atom. The highest BCUT2D eigenvalue weighted by atomic mass is 35.5. The van der Waals surface area contributed by atoms with Crippen molar-refractivity contribution in [3.8, 4) is 22.1 Å². The minimum atomic E-state index is -4.89. The van der Waals surface area contributed by atoms with Gasteiger partial charge in [-0.15, -0.1) is 11.3 Å². The Kier molecular flexibility index (Phi) is 10.4. The molecule has 0 bridgehead atoms. The Balaban J connectivity index is 1.51. The van der Waals surface area contributed by atoms with Gasteiger partial charge in [0.25, 0.3) is 5.91 Å². The Bertz CT molecular complexity index is 1770. The van der Waals surface area contributed by atoms with Crippen LogP contribution in [0.25, 0.3) is 10.6 Å². The average molecular weight is 703 g/mol. The maximum atomic E-state index is 15.1. The van der Waals surface area contributed by atoms with Crippen LogP contribution >= 0.6 is 22.9 Å². The van der Waals surface area contributed by atoms with E-state index in [9.17, 15) is 9.59 Å². The number of piperidine rings is 1. The molecule has 5 rings (SSSR count). The molecule has 15 heteroatoms. The number of nitrogens with one attached hydrogen (secondary N) is 1. The number of hydrogen-bond donors (Lipinski definition) is 1. The van der Waals surface area contributed by atoms with Gasteiger partial charge in [-0.1, -0.05) is 23.7 Å². The van der Waals surface area contributed by atoms with Crippen molar-refractivity contribution in [2.75, 3.05) is 36.9 Å². The van der Waals surface area contributed by atoms with Crippen LogP contribution in [0.15, 0.2) is 60.2 Å². The normalized spacial score (nSPS) is 15.2. The third-order valence-corrected chi connectivity index (χ3v) is 8.57. The molecule has 2 amide bonds. The minimum Gasteiger partial charge on any atom is -0.455 e. The lowest BCUT2D eigenvalue weighted by Gasteiger charge is -2.38. The summed E-state index contributed by atoms with van der Waals surface area (Å²) in [7, 11) is 1.60. The fourth-order valence-electron chi connectivity index (χ4n) is 5.34. The summed E-state index contributed by atoms with van der Waals surface area (Å²) in [5.74, 6) is -1.31. The third-order valence-electron chi connectivity index (χ3n) is 7.37. The average Bonchev–Trinajstić information content (AvgIpc) is 3.53. The molecule has 0 radical (unpaired) electrons. The first-order valence-electron chi connectivity index (χ1n) is 15.1. The maximum absolute atomic E-state index is 15.1. The van der Waals surface area contributed by atoms with Gasteiger partial charge in [0, 0.05) is 37.6 Å². The highest BCUT2D eigenvalue weighted by Gasteiger charge is 2.42. The first kappa shape index (κ1) is 34.9. The second kappa shape index (κ2) is 14.4. The molecule has 0 unspecified atom stereocenters. The summed E-state index contributed by atoms with van der Waals surface area (Å²) >= 11 is 7.44. The summed E-state index contributed by atoms with van der Waals surface area (Å²) in [4.78, 5) is 33.5. The minimum absolute atomic E-state index is 0.0261. The highest BCUT2D eigenvalue weighted by Crippen LogP contribution is 2.49. The number of anilines is 2. The van der Waals surface area contributed by atoms with E-state index in [1.807, 2.05) is 0 Å². The highest BCUT2D eigenvalue weighted by molar-refractivity contribution is 7.13. The van der Waals surface area contributed by atoms with Gasteiger partial charge in [0.2, 0.25) is 0 Å². The van der Waals surface area contributed by atoms with Crippen molar-refractivity contribution in [2.45, 2.75) is 45.4 Å². The molecule has 1 aliphatic rings. The van der Waals surface area contributed by atoms with Gasteiger partial charge in [-0.25, -0.2) is 9.78 Å². The summed E-state index contributed by atoms with van der Waals surface area (Å²) in [5, 5.41) is 12.4. The molecule has 0 aliphatic carbocycles. The molecule has 48 heavy (non-hydrogen) atoms. The van der Waals surface area contributed by atoms with Gasteiger partial charge < -0.3 is 24.6 Å². The molecule has 2 aromatic heterocycles. The Morgan fingerprint density at radius 2 is 1.88 bits per heavy atom. The van der Waals surface area contributed by atoms with Crippen LogP contribution in [0, 0.1) is 5.92 Å². The van der Waals surface area contributed by atoms with E-state index in [1.54, 1.807) is 50.9 Å². The van der Waals surface area contributed by atoms with Crippen molar-refractivity contribution in [1.82, 2.24) is 20.1 Å². The Morgan fingerprint density at radius 1 is 1.10 bits per heavy atom. The number of amides is 2. The van der Waals surface area contributed by atoms with Crippen molar-refractivity contribution >= 4 is 46.3 Å². The standard InChI is InChI=1S/C33H34ClF3N6O4S/c1-32(2,3)47-31(45)42(4)17-20-8-7-15-43(18-20)28-23(40-29(44)24-19-48-30(41-24)21-13-14-38-39-16-21)11-12-26(27(28)33(35,36)37)46-25-10-6-5-9-22(25)34/h5-6,9-14,16,19-20H,7-8,15,17-18H2,1-4H3,(H,40,44)/t20-/m0/s1. The topological polar surface area (TPSA) is 110 Å². The van der Waals surface area contributed by atoms with Gasteiger partial charge in [0.1, 0.15) is 33.4 Å². The number of carbonyl (C=O) groups excluding carboxylic acids is 2. The zero-order chi connectivity index (χ0) is 34.6. The number of hydrogen-bond acceptors (Lipinski definition) is 9. The van der Waals surface area contributed by atoms with Crippen LogP contribution in [-0.2, 0) is 10.9 Å². The fourth-order valence-corrected chi connectivity index (χ4v) is 6.31. The van der Waals surface area contributed by atoms with E-state index in [0.717, 1.165) is 6.07 Å². The molecule has 0 saturated carbocycles. The van der Waals surface area contributed by atoms with Gasteiger partial charge in [-0.3, -0.25) is 4.79 Å². The SMILES string of the molecule is CN(C[C@@H]1CCCN(c2c(NC(=O)c3csc(-c4ccnnc4)n3)ccc(Oc3ccccc3Cl)c2C(F)(F)F)C1)C(=O)OC(C)(C)C. The second-order valence-corrected chi connectivity index (χ2v) is 13.6. The zero-order valence-corrected chi connectivity index (χ0v) is 28.2. The van der Waals surface area contributed by atoms with Gasteiger partial charge >= 0.3 is 12.3 Å². The van der Waals surface area contributed by atoms with Gasteiger partial charge in [-0.05, 0) is 69.9 Å². The predicted molar refractivity (Wildman–Crippen MR) is 178 cm³/mol. The van der Waals surface area contributed by atoms with Gasteiger partial charge in [0.15, 0.2) is 0 Å². The number of aromatic nitrogens is 3. The number of halogens is 4. The van der Waals surface area contributed by atoms with E-state index in [-0.39, 0.29) is 53.4 Å². The summed E-state index contributed by atoms with van der Waals surface area (Å²) in [5.41, 5.74) is -1.42. The van der Waals surface area contributed by atoms with Crippen LogP contribution in [0.1, 0.15) is 49.7 Å². The van der Waals surface area contributed by atoms with Crippen molar-refractivity contribution < 1.29 is 32.2 Å². The van der Waals surface area contributed by atoms with Crippen LogP contribution in [0.3, 0.4) is 0 Å². The molecular formula is C33H34ClF3N6O4S. The van der Waals surface area contributed by atoms with Crippen molar-refractivity contribution in [2.24, 2.45) is 5.92 Å². The Hall–Kier alpha value is -4.43. The zero-order valence-electron chi connectivity index (χ0n) is 26.7. The van der Waals surface area contributed by atoms with Crippen molar-refractivity contribution in [3.05, 3.63) is 76.5 Å². The number of rotatable bonds is 8.